The van der Waals surface area contributed by atoms with Gasteiger partial charge in [0, 0.05) is 6.92 Å². The Labute approximate surface area is 212 Å². The van der Waals surface area contributed by atoms with Crippen LogP contribution in [-0.2, 0) is 48.3 Å². The SMILES string of the molecule is C=C1O[C@H](COCc2ccccc2)[C@H](OCc2ccccc2)[C@H](OCc2ccccc2)[C@H]1OC(C)=O. The minimum absolute atomic E-state index is 0.255. The molecule has 0 aromatic heterocycles. The third kappa shape index (κ3) is 7.28. The highest BCUT2D eigenvalue weighted by molar-refractivity contribution is 5.66. The largest absolute Gasteiger partial charge is 0.486 e. The number of rotatable bonds is 11. The van der Waals surface area contributed by atoms with Crippen LogP contribution in [0.1, 0.15) is 23.6 Å². The minimum atomic E-state index is -0.808. The normalized spacial score (nSPS) is 21.5. The standard InChI is InChI=1S/C30H32O6/c1-22-28(36-23(2)31)30(34-20-26-16-10-5-11-17-26)29(33-19-25-14-8-4-9-15-25)27(35-22)21-32-18-24-12-6-3-7-13-24/h3-17,27-30H,1,18-21H2,2H3/t27-,28+,29+,30-/m1/s1. The van der Waals surface area contributed by atoms with E-state index in [-0.39, 0.29) is 6.61 Å². The summed E-state index contributed by atoms with van der Waals surface area (Å²) in [6.07, 6.45) is -2.51. The molecule has 1 aliphatic heterocycles. The zero-order valence-electron chi connectivity index (χ0n) is 20.5. The van der Waals surface area contributed by atoms with Crippen molar-refractivity contribution in [3.8, 4) is 0 Å². The van der Waals surface area contributed by atoms with E-state index in [1.54, 1.807) is 0 Å². The van der Waals surface area contributed by atoms with E-state index >= 15 is 0 Å². The number of benzene rings is 3. The van der Waals surface area contributed by atoms with Crippen LogP contribution in [0.15, 0.2) is 103 Å². The van der Waals surface area contributed by atoms with Gasteiger partial charge in [-0.3, -0.25) is 4.79 Å². The third-order valence-corrected chi connectivity index (χ3v) is 5.87. The molecule has 4 rings (SSSR count). The van der Waals surface area contributed by atoms with Gasteiger partial charge < -0.3 is 23.7 Å². The van der Waals surface area contributed by atoms with Gasteiger partial charge in [-0.05, 0) is 16.7 Å². The Balaban J connectivity index is 1.54. The van der Waals surface area contributed by atoms with E-state index in [1.807, 2.05) is 91.0 Å². The van der Waals surface area contributed by atoms with Crippen LogP contribution >= 0.6 is 0 Å². The van der Waals surface area contributed by atoms with Crippen LogP contribution in [0.2, 0.25) is 0 Å². The van der Waals surface area contributed by atoms with Crippen molar-refractivity contribution in [1.82, 2.24) is 0 Å². The summed E-state index contributed by atoms with van der Waals surface area (Å²) >= 11 is 0. The lowest BCUT2D eigenvalue weighted by atomic mass is 9.97. The first kappa shape index (κ1) is 25.6. The summed E-state index contributed by atoms with van der Waals surface area (Å²) in [5.41, 5.74) is 3.06. The number of hydrogen-bond acceptors (Lipinski definition) is 6. The first-order valence-electron chi connectivity index (χ1n) is 12.1. The highest BCUT2D eigenvalue weighted by Crippen LogP contribution is 2.31. The molecule has 0 amide bonds. The van der Waals surface area contributed by atoms with Crippen LogP contribution in [0, 0.1) is 0 Å². The third-order valence-electron chi connectivity index (χ3n) is 5.87. The van der Waals surface area contributed by atoms with Gasteiger partial charge in [0.05, 0.1) is 26.4 Å². The Morgan fingerprint density at radius 2 is 1.22 bits per heavy atom. The van der Waals surface area contributed by atoms with Gasteiger partial charge in [0.2, 0.25) is 0 Å². The molecule has 1 fully saturated rings. The van der Waals surface area contributed by atoms with E-state index in [1.165, 1.54) is 6.92 Å². The molecule has 188 valence electrons. The predicted octanol–water partition coefficient (Wildman–Crippen LogP) is 5.22. The maximum absolute atomic E-state index is 11.9. The summed E-state index contributed by atoms with van der Waals surface area (Å²) in [6, 6.07) is 29.6. The monoisotopic (exact) mass is 488 g/mol. The minimum Gasteiger partial charge on any atom is -0.486 e. The summed E-state index contributed by atoms with van der Waals surface area (Å²) in [5.74, 6) is -0.130. The van der Waals surface area contributed by atoms with E-state index in [9.17, 15) is 4.79 Å². The molecule has 1 heterocycles. The summed E-state index contributed by atoms with van der Waals surface area (Å²) in [6.45, 7) is 6.74. The quantitative estimate of drug-likeness (QED) is 0.345. The Hall–Kier alpha value is -3.45. The first-order chi connectivity index (χ1) is 17.6. The van der Waals surface area contributed by atoms with Gasteiger partial charge in [-0.2, -0.15) is 0 Å². The summed E-state index contributed by atoms with van der Waals surface area (Å²) in [5, 5.41) is 0. The van der Waals surface area contributed by atoms with E-state index in [0.29, 0.717) is 25.6 Å². The second-order valence-electron chi connectivity index (χ2n) is 8.68. The lowest BCUT2D eigenvalue weighted by molar-refractivity contribution is -0.220. The van der Waals surface area contributed by atoms with Gasteiger partial charge in [0.25, 0.3) is 0 Å². The summed E-state index contributed by atoms with van der Waals surface area (Å²) in [4.78, 5) is 11.9. The summed E-state index contributed by atoms with van der Waals surface area (Å²) < 4.78 is 30.5. The van der Waals surface area contributed by atoms with Crippen molar-refractivity contribution in [2.75, 3.05) is 6.61 Å². The number of esters is 1. The number of carbonyl (C=O) groups is 1. The predicted molar refractivity (Wildman–Crippen MR) is 136 cm³/mol. The molecule has 0 spiro atoms. The Kier molecular flexibility index (Phi) is 9.27. The fraction of sp³-hybridized carbons (Fsp3) is 0.300. The van der Waals surface area contributed by atoms with E-state index in [0.717, 1.165) is 16.7 Å². The fourth-order valence-electron chi connectivity index (χ4n) is 4.12. The van der Waals surface area contributed by atoms with Crippen LogP contribution in [-0.4, -0.2) is 37.0 Å². The lowest BCUT2D eigenvalue weighted by Crippen LogP contribution is -2.56. The molecule has 3 aromatic rings. The molecule has 3 aromatic carbocycles. The van der Waals surface area contributed by atoms with Crippen molar-refractivity contribution in [2.45, 2.75) is 51.2 Å². The van der Waals surface area contributed by atoms with Gasteiger partial charge in [-0.1, -0.05) is 97.6 Å². The molecule has 0 radical (unpaired) electrons. The van der Waals surface area contributed by atoms with Crippen molar-refractivity contribution >= 4 is 5.97 Å². The zero-order valence-corrected chi connectivity index (χ0v) is 20.5. The maximum atomic E-state index is 11.9. The molecular formula is C30H32O6. The van der Waals surface area contributed by atoms with Crippen LogP contribution in [0.4, 0.5) is 0 Å². The molecule has 1 saturated heterocycles. The second kappa shape index (κ2) is 13.0. The van der Waals surface area contributed by atoms with Crippen molar-refractivity contribution in [1.29, 1.82) is 0 Å². The van der Waals surface area contributed by atoms with Gasteiger partial charge in [0.15, 0.2) is 12.2 Å². The molecule has 6 nitrogen and oxygen atoms in total. The van der Waals surface area contributed by atoms with E-state index in [2.05, 4.69) is 6.58 Å². The van der Waals surface area contributed by atoms with Crippen molar-refractivity contribution < 1.29 is 28.5 Å². The van der Waals surface area contributed by atoms with Gasteiger partial charge >= 0.3 is 5.97 Å². The van der Waals surface area contributed by atoms with Crippen molar-refractivity contribution in [3.05, 3.63) is 120 Å². The first-order valence-corrected chi connectivity index (χ1v) is 12.1. The Morgan fingerprint density at radius 3 is 1.72 bits per heavy atom. The van der Waals surface area contributed by atoms with Crippen LogP contribution in [0.25, 0.3) is 0 Å². The van der Waals surface area contributed by atoms with E-state index < -0.39 is 30.4 Å². The summed E-state index contributed by atoms with van der Waals surface area (Å²) in [7, 11) is 0. The average molecular weight is 489 g/mol. The fourth-order valence-corrected chi connectivity index (χ4v) is 4.12. The van der Waals surface area contributed by atoms with Gasteiger partial charge in [-0.25, -0.2) is 0 Å². The van der Waals surface area contributed by atoms with Gasteiger partial charge in [-0.15, -0.1) is 0 Å². The molecule has 0 aliphatic carbocycles. The Bertz CT molecular complexity index is 1090. The molecule has 6 heteroatoms. The molecule has 0 N–H and O–H groups in total. The zero-order chi connectivity index (χ0) is 25.2. The smallest absolute Gasteiger partial charge is 0.303 e. The highest BCUT2D eigenvalue weighted by atomic mass is 16.6. The molecule has 1 aliphatic rings. The topological polar surface area (TPSA) is 63.2 Å². The van der Waals surface area contributed by atoms with Crippen LogP contribution in [0.5, 0.6) is 0 Å². The van der Waals surface area contributed by atoms with E-state index in [4.69, 9.17) is 23.7 Å². The maximum Gasteiger partial charge on any atom is 0.303 e. The molecule has 0 unspecified atom stereocenters. The van der Waals surface area contributed by atoms with Gasteiger partial charge in [0.1, 0.15) is 18.0 Å². The average Bonchev–Trinajstić information content (AvgIpc) is 2.90. The number of ether oxygens (including phenoxy) is 5. The van der Waals surface area contributed by atoms with Crippen molar-refractivity contribution in [3.63, 3.8) is 0 Å². The van der Waals surface area contributed by atoms with Crippen LogP contribution < -0.4 is 0 Å². The van der Waals surface area contributed by atoms with Crippen molar-refractivity contribution in [2.24, 2.45) is 0 Å². The molecule has 4 atom stereocenters. The number of hydrogen-bond donors (Lipinski definition) is 0. The van der Waals surface area contributed by atoms with Crippen LogP contribution in [0.3, 0.4) is 0 Å². The molecular weight excluding hydrogens is 456 g/mol. The lowest BCUT2D eigenvalue weighted by Gasteiger charge is -2.42. The Morgan fingerprint density at radius 1 is 0.750 bits per heavy atom. The second-order valence-corrected chi connectivity index (χ2v) is 8.68. The molecule has 0 bridgehead atoms. The number of carbonyl (C=O) groups excluding carboxylic acids is 1. The molecule has 0 saturated carbocycles. The molecule has 36 heavy (non-hydrogen) atoms. The highest BCUT2D eigenvalue weighted by Gasteiger charge is 2.47.